The summed E-state index contributed by atoms with van der Waals surface area (Å²) in [4.78, 5) is 19.9. The first-order chi connectivity index (χ1) is 14.1. The van der Waals surface area contributed by atoms with Crippen molar-refractivity contribution in [1.29, 1.82) is 0 Å². The van der Waals surface area contributed by atoms with Crippen LogP contribution < -0.4 is 0 Å². The predicted molar refractivity (Wildman–Crippen MR) is 114 cm³/mol. The topological polar surface area (TPSA) is 51.3 Å². The molecule has 8 heteroatoms. The first-order valence-corrected chi connectivity index (χ1v) is 10.5. The minimum absolute atomic E-state index is 0.0597. The lowest BCUT2D eigenvalue weighted by atomic mass is 10.2. The van der Waals surface area contributed by atoms with Crippen molar-refractivity contribution in [3.63, 3.8) is 0 Å². The van der Waals surface area contributed by atoms with Gasteiger partial charge in [0, 0.05) is 22.4 Å². The summed E-state index contributed by atoms with van der Waals surface area (Å²) in [7, 11) is 0. The van der Waals surface area contributed by atoms with Gasteiger partial charge < -0.3 is 13.9 Å². The maximum Gasteiger partial charge on any atom is 0.264 e. The van der Waals surface area contributed by atoms with Gasteiger partial charge in [-0.1, -0.05) is 35.3 Å². The maximum absolute atomic E-state index is 13.0. The van der Waals surface area contributed by atoms with Gasteiger partial charge >= 0.3 is 0 Å². The van der Waals surface area contributed by atoms with E-state index < -0.39 is 0 Å². The van der Waals surface area contributed by atoms with Gasteiger partial charge in [-0.3, -0.25) is 4.79 Å². The van der Waals surface area contributed by atoms with E-state index in [4.69, 9.17) is 27.6 Å². The largest absolute Gasteiger partial charge is 0.467 e. The highest BCUT2D eigenvalue weighted by atomic mass is 35.5. The zero-order valence-electron chi connectivity index (χ0n) is 15.3. The molecule has 0 aliphatic heterocycles. The molecule has 0 bridgehead atoms. The molecule has 4 aromatic rings. The van der Waals surface area contributed by atoms with Crippen LogP contribution in [0.2, 0.25) is 10.0 Å². The number of thiophene rings is 1. The van der Waals surface area contributed by atoms with Crippen molar-refractivity contribution in [3.8, 4) is 0 Å². The van der Waals surface area contributed by atoms with Gasteiger partial charge in [-0.05, 0) is 41.3 Å². The number of amides is 1. The van der Waals surface area contributed by atoms with Gasteiger partial charge in [0.2, 0.25) is 0 Å². The van der Waals surface area contributed by atoms with Gasteiger partial charge in [-0.2, -0.15) is 0 Å². The number of benzene rings is 1. The van der Waals surface area contributed by atoms with E-state index in [9.17, 15) is 4.79 Å². The minimum atomic E-state index is -0.0597. The number of furan rings is 1. The second kappa shape index (κ2) is 8.86. The Kier molecular flexibility index (Phi) is 6.04. The highest BCUT2D eigenvalue weighted by Crippen LogP contribution is 2.23. The Bertz CT molecular complexity index is 1090. The lowest BCUT2D eigenvalue weighted by molar-refractivity contribution is 0.0716. The van der Waals surface area contributed by atoms with Gasteiger partial charge in [0.1, 0.15) is 11.6 Å². The molecule has 5 nitrogen and oxygen atoms in total. The maximum atomic E-state index is 13.0. The van der Waals surface area contributed by atoms with E-state index >= 15 is 0 Å². The molecule has 3 aromatic heterocycles. The number of hydrogen-bond donors (Lipinski definition) is 0. The lowest BCUT2D eigenvalue weighted by Gasteiger charge is -2.21. The molecule has 0 fully saturated rings. The van der Waals surface area contributed by atoms with Gasteiger partial charge in [-0.25, -0.2) is 4.98 Å². The number of carbonyl (C=O) groups excluding carboxylic acids is 1. The first kappa shape index (κ1) is 19.8. The van der Waals surface area contributed by atoms with Gasteiger partial charge in [-0.15, -0.1) is 11.3 Å². The van der Waals surface area contributed by atoms with Crippen LogP contribution >= 0.6 is 34.5 Å². The summed E-state index contributed by atoms with van der Waals surface area (Å²) in [6.07, 6.45) is 5.20. The molecule has 1 amide bonds. The van der Waals surface area contributed by atoms with E-state index in [0.29, 0.717) is 40.3 Å². The number of hydrogen-bond acceptors (Lipinski definition) is 4. The second-order valence-electron chi connectivity index (χ2n) is 6.42. The van der Waals surface area contributed by atoms with Crippen LogP contribution in [0.15, 0.2) is 70.9 Å². The third-order valence-electron chi connectivity index (χ3n) is 4.44. The van der Waals surface area contributed by atoms with Gasteiger partial charge in [0.15, 0.2) is 0 Å². The smallest absolute Gasteiger partial charge is 0.264 e. The molecule has 0 N–H and O–H groups in total. The molecule has 4 rings (SSSR count). The number of nitrogens with zero attached hydrogens (tertiary/aromatic N) is 3. The third kappa shape index (κ3) is 4.72. The molecule has 0 aliphatic carbocycles. The fourth-order valence-corrected chi connectivity index (χ4v) is 4.15. The molecule has 0 aliphatic rings. The van der Waals surface area contributed by atoms with Crippen molar-refractivity contribution in [2.75, 3.05) is 0 Å². The molecule has 0 atom stereocenters. The van der Waals surface area contributed by atoms with Crippen LogP contribution in [0, 0.1) is 0 Å². The van der Waals surface area contributed by atoms with Crippen molar-refractivity contribution in [2.45, 2.75) is 19.6 Å². The Balaban J connectivity index is 1.58. The summed E-state index contributed by atoms with van der Waals surface area (Å²) in [6, 6.07) is 12.8. The van der Waals surface area contributed by atoms with Gasteiger partial charge in [0.25, 0.3) is 5.91 Å². The zero-order valence-corrected chi connectivity index (χ0v) is 17.6. The predicted octanol–water partition coefficient (Wildman–Crippen LogP) is 5.74. The first-order valence-electron chi connectivity index (χ1n) is 8.89. The fourth-order valence-electron chi connectivity index (χ4n) is 2.99. The van der Waals surface area contributed by atoms with Crippen LogP contribution in [0.5, 0.6) is 0 Å². The SMILES string of the molecule is O=C(c1cccs1)N(Cc1ccco1)Cc1nccn1Cc1ccc(Cl)cc1Cl. The van der Waals surface area contributed by atoms with Crippen LogP contribution in [-0.4, -0.2) is 20.4 Å². The summed E-state index contributed by atoms with van der Waals surface area (Å²) < 4.78 is 7.43. The van der Waals surface area contributed by atoms with Crippen molar-refractivity contribution in [1.82, 2.24) is 14.5 Å². The highest BCUT2D eigenvalue weighted by molar-refractivity contribution is 7.12. The molecule has 1 aromatic carbocycles. The summed E-state index contributed by atoms with van der Waals surface area (Å²) in [6.45, 7) is 1.24. The number of aromatic nitrogens is 2. The van der Waals surface area contributed by atoms with Crippen molar-refractivity contribution < 1.29 is 9.21 Å². The van der Waals surface area contributed by atoms with Crippen molar-refractivity contribution in [3.05, 3.63) is 98.6 Å². The van der Waals surface area contributed by atoms with Crippen molar-refractivity contribution >= 4 is 40.4 Å². The Morgan fingerprint density at radius 2 is 2.07 bits per heavy atom. The average molecular weight is 446 g/mol. The molecule has 0 spiro atoms. The molecule has 29 heavy (non-hydrogen) atoms. The van der Waals surface area contributed by atoms with E-state index in [0.717, 1.165) is 11.4 Å². The highest BCUT2D eigenvalue weighted by Gasteiger charge is 2.21. The quantitative estimate of drug-likeness (QED) is 0.364. The zero-order chi connectivity index (χ0) is 20.2. The summed E-state index contributed by atoms with van der Waals surface area (Å²) in [5, 5.41) is 3.08. The Morgan fingerprint density at radius 3 is 2.79 bits per heavy atom. The molecule has 148 valence electrons. The number of halogens is 2. The number of rotatable bonds is 7. The van der Waals surface area contributed by atoms with E-state index in [1.165, 1.54) is 11.3 Å². The number of carbonyl (C=O) groups is 1. The van der Waals surface area contributed by atoms with E-state index in [1.54, 1.807) is 23.4 Å². The Hall–Kier alpha value is -2.54. The summed E-state index contributed by atoms with van der Waals surface area (Å²) in [5.74, 6) is 1.41. The summed E-state index contributed by atoms with van der Waals surface area (Å²) >= 11 is 13.7. The molecule has 0 saturated heterocycles. The monoisotopic (exact) mass is 445 g/mol. The normalized spacial score (nSPS) is 11.0. The Morgan fingerprint density at radius 1 is 1.17 bits per heavy atom. The molecule has 3 heterocycles. The molecular weight excluding hydrogens is 429 g/mol. The summed E-state index contributed by atoms with van der Waals surface area (Å²) in [5.41, 5.74) is 0.928. The fraction of sp³-hybridized carbons (Fsp3) is 0.143. The van der Waals surface area contributed by atoms with E-state index in [-0.39, 0.29) is 5.91 Å². The third-order valence-corrected chi connectivity index (χ3v) is 5.88. The number of imidazole rings is 1. The van der Waals surface area contributed by atoms with Crippen molar-refractivity contribution in [2.24, 2.45) is 0 Å². The lowest BCUT2D eigenvalue weighted by Crippen LogP contribution is -2.30. The van der Waals surface area contributed by atoms with Crippen LogP contribution in [0.1, 0.15) is 26.8 Å². The standard InChI is InChI=1S/C21H17Cl2N3O2S/c22-16-6-5-15(18(23)11-16)12-25-8-7-24-20(25)14-26(13-17-3-1-9-28-17)21(27)19-4-2-10-29-19/h1-11H,12-14H2. The van der Waals surface area contributed by atoms with Crippen LogP contribution in [0.4, 0.5) is 0 Å². The molecule has 0 unspecified atom stereocenters. The second-order valence-corrected chi connectivity index (χ2v) is 8.22. The van der Waals surface area contributed by atoms with Crippen LogP contribution in [-0.2, 0) is 19.6 Å². The molecular formula is C21H17Cl2N3O2S. The Labute approximate surface area is 182 Å². The molecule has 0 saturated carbocycles. The van der Waals surface area contributed by atoms with Gasteiger partial charge in [0.05, 0.1) is 30.8 Å². The van der Waals surface area contributed by atoms with E-state index in [2.05, 4.69) is 4.98 Å². The van der Waals surface area contributed by atoms with E-state index in [1.807, 2.05) is 52.5 Å². The average Bonchev–Trinajstić information content (AvgIpc) is 3.46. The minimum Gasteiger partial charge on any atom is -0.467 e. The molecule has 0 radical (unpaired) electrons. The van der Waals surface area contributed by atoms with Crippen LogP contribution in [0.3, 0.4) is 0 Å². The van der Waals surface area contributed by atoms with Crippen LogP contribution in [0.25, 0.3) is 0 Å².